The number of amides is 2. The van der Waals surface area contributed by atoms with Gasteiger partial charge in [0.15, 0.2) is 0 Å². The number of carbonyl (C=O) groups is 2. The number of benzene rings is 1. The zero-order chi connectivity index (χ0) is 16.0. The van der Waals surface area contributed by atoms with Crippen LogP contribution in [0.5, 0.6) is 0 Å². The van der Waals surface area contributed by atoms with E-state index in [4.69, 9.17) is 5.11 Å². The lowest BCUT2D eigenvalue weighted by Crippen LogP contribution is -2.42. The van der Waals surface area contributed by atoms with Gasteiger partial charge in [-0.05, 0) is 19.1 Å². The molecule has 1 rings (SSSR count). The molecule has 0 heterocycles. The molecule has 0 aliphatic rings. The van der Waals surface area contributed by atoms with E-state index in [0.29, 0.717) is 0 Å². The zero-order valence-corrected chi connectivity index (χ0v) is 11.2. The third-order valence-corrected chi connectivity index (χ3v) is 2.57. The number of nitrogens with one attached hydrogen (secondary N) is 2. The van der Waals surface area contributed by atoms with Gasteiger partial charge in [0.2, 0.25) is 5.91 Å². The second-order valence-electron chi connectivity index (χ2n) is 4.38. The van der Waals surface area contributed by atoms with Gasteiger partial charge in [0.25, 0.3) is 5.91 Å². The Labute approximate surface area is 119 Å². The maximum Gasteiger partial charge on any atom is 0.417 e. The topological polar surface area (TPSA) is 78.4 Å². The highest BCUT2D eigenvalue weighted by Crippen LogP contribution is 2.31. The molecule has 2 amide bonds. The van der Waals surface area contributed by atoms with Crippen molar-refractivity contribution in [1.29, 1.82) is 0 Å². The first-order valence-corrected chi connectivity index (χ1v) is 6.10. The first-order chi connectivity index (χ1) is 9.75. The number of halogens is 3. The van der Waals surface area contributed by atoms with Crippen LogP contribution in [0.15, 0.2) is 24.3 Å². The Morgan fingerprint density at radius 3 is 2.48 bits per heavy atom. The van der Waals surface area contributed by atoms with Crippen LogP contribution in [0.1, 0.15) is 22.8 Å². The summed E-state index contributed by atoms with van der Waals surface area (Å²) in [7, 11) is 0. The van der Waals surface area contributed by atoms with Gasteiger partial charge in [-0.3, -0.25) is 9.59 Å². The Balaban J connectivity index is 2.71. The lowest BCUT2D eigenvalue weighted by Gasteiger charge is -2.13. The van der Waals surface area contributed by atoms with Gasteiger partial charge in [0, 0.05) is 6.04 Å². The first-order valence-electron chi connectivity index (χ1n) is 6.10. The molecule has 0 spiro atoms. The van der Waals surface area contributed by atoms with Crippen LogP contribution < -0.4 is 10.6 Å². The Bertz CT molecular complexity index is 518. The smallest absolute Gasteiger partial charge is 0.394 e. The molecule has 1 unspecified atom stereocenters. The number of hydrogen-bond acceptors (Lipinski definition) is 3. The number of aliphatic hydroxyl groups is 1. The molecule has 1 atom stereocenters. The van der Waals surface area contributed by atoms with Crippen LogP contribution in [0.25, 0.3) is 0 Å². The molecule has 1 aromatic rings. The summed E-state index contributed by atoms with van der Waals surface area (Å²) in [6, 6.07) is 3.81. The van der Waals surface area contributed by atoms with E-state index < -0.39 is 41.7 Å². The molecule has 1 aromatic carbocycles. The van der Waals surface area contributed by atoms with Gasteiger partial charge in [-0.15, -0.1) is 0 Å². The molecule has 0 bridgehead atoms. The van der Waals surface area contributed by atoms with E-state index in [2.05, 4.69) is 10.6 Å². The molecule has 21 heavy (non-hydrogen) atoms. The van der Waals surface area contributed by atoms with Crippen molar-refractivity contribution in [2.75, 3.05) is 13.2 Å². The molecule has 0 aliphatic carbocycles. The average molecular weight is 304 g/mol. The van der Waals surface area contributed by atoms with Gasteiger partial charge in [-0.1, -0.05) is 12.1 Å². The minimum Gasteiger partial charge on any atom is -0.394 e. The van der Waals surface area contributed by atoms with Crippen LogP contribution in [-0.4, -0.2) is 36.1 Å². The number of rotatable bonds is 5. The van der Waals surface area contributed by atoms with Crippen LogP contribution in [0.4, 0.5) is 13.2 Å². The number of aliphatic hydroxyl groups excluding tert-OH is 1. The third kappa shape index (κ3) is 5.07. The predicted octanol–water partition coefficient (Wildman–Crippen LogP) is 0.932. The quantitative estimate of drug-likeness (QED) is 0.757. The van der Waals surface area contributed by atoms with Crippen molar-refractivity contribution in [3.8, 4) is 0 Å². The molecular weight excluding hydrogens is 289 g/mol. The molecule has 0 radical (unpaired) electrons. The molecule has 3 N–H and O–H groups in total. The summed E-state index contributed by atoms with van der Waals surface area (Å²) in [6.07, 6.45) is -4.65. The summed E-state index contributed by atoms with van der Waals surface area (Å²) in [5, 5.41) is 13.2. The average Bonchev–Trinajstić information content (AvgIpc) is 2.43. The molecule has 0 aliphatic heterocycles. The Morgan fingerprint density at radius 2 is 1.90 bits per heavy atom. The number of carbonyl (C=O) groups excluding carboxylic acids is 2. The standard InChI is InChI=1S/C13H15F3N2O3/c1-8(7-19)18-11(20)6-17-12(21)9-4-2-3-5-10(9)13(14,15)16/h2-5,8,19H,6-7H2,1H3,(H,17,21)(H,18,20). The Morgan fingerprint density at radius 1 is 1.29 bits per heavy atom. The summed E-state index contributed by atoms with van der Waals surface area (Å²) in [6.45, 7) is 0.782. The van der Waals surface area contributed by atoms with Gasteiger partial charge >= 0.3 is 6.18 Å². The maximum absolute atomic E-state index is 12.7. The van der Waals surface area contributed by atoms with Gasteiger partial charge in [0.1, 0.15) is 0 Å². The largest absolute Gasteiger partial charge is 0.417 e. The van der Waals surface area contributed by atoms with E-state index in [1.54, 1.807) is 6.92 Å². The van der Waals surface area contributed by atoms with Gasteiger partial charge in [0.05, 0.1) is 24.3 Å². The minimum atomic E-state index is -4.65. The summed E-state index contributed by atoms with van der Waals surface area (Å²) >= 11 is 0. The predicted molar refractivity (Wildman–Crippen MR) is 68.5 cm³/mol. The third-order valence-electron chi connectivity index (χ3n) is 2.57. The highest BCUT2D eigenvalue weighted by atomic mass is 19.4. The second-order valence-corrected chi connectivity index (χ2v) is 4.38. The fourth-order valence-corrected chi connectivity index (χ4v) is 1.56. The van der Waals surface area contributed by atoms with Crippen molar-refractivity contribution in [3.63, 3.8) is 0 Å². The first kappa shape index (κ1) is 17.0. The fraction of sp³-hybridized carbons (Fsp3) is 0.385. The SMILES string of the molecule is CC(CO)NC(=O)CNC(=O)c1ccccc1C(F)(F)F. The summed E-state index contributed by atoms with van der Waals surface area (Å²) in [5.41, 5.74) is -1.61. The Hall–Kier alpha value is -2.09. The minimum absolute atomic E-state index is 0.281. The highest BCUT2D eigenvalue weighted by Gasteiger charge is 2.34. The van der Waals surface area contributed by atoms with E-state index in [0.717, 1.165) is 12.1 Å². The van der Waals surface area contributed by atoms with E-state index in [9.17, 15) is 22.8 Å². The van der Waals surface area contributed by atoms with Gasteiger partial charge < -0.3 is 15.7 Å². The van der Waals surface area contributed by atoms with E-state index in [-0.39, 0.29) is 6.61 Å². The van der Waals surface area contributed by atoms with Crippen molar-refractivity contribution < 1.29 is 27.9 Å². The fourth-order valence-electron chi connectivity index (χ4n) is 1.56. The maximum atomic E-state index is 12.7. The molecule has 0 fully saturated rings. The number of hydrogen-bond donors (Lipinski definition) is 3. The highest BCUT2D eigenvalue weighted by molar-refractivity contribution is 5.97. The zero-order valence-electron chi connectivity index (χ0n) is 11.2. The van der Waals surface area contributed by atoms with Crippen molar-refractivity contribution in [2.45, 2.75) is 19.1 Å². The summed E-state index contributed by atoms with van der Waals surface area (Å²) in [4.78, 5) is 23.1. The van der Waals surface area contributed by atoms with Crippen LogP contribution >= 0.6 is 0 Å². The second kappa shape index (κ2) is 7.07. The van der Waals surface area contributed by atoms with Gasteiger partial charge in [-0.25, -0.2) is 0 Å². The molecule has 0 saturated carbocycles. The van der Waals surface area contributed by atoms with Crippen LogP contribution in [0, 0.1) is 0 Å². The summed E-state index contributed by atoms with van der Waals surface area (Å²) in [5.74, 6) is -1.59. The normalized spacial score (nSPS) is 12.6. The van der Waals surface area contributed by atoms with Crippen molar-refractivity contribution in [3.05, 3.63) is 35.4 Å². The molecule has 0 aromatic heterocycles. The summed E-state index contributed by atoms with van der Waals surface area (Å²) < 4.78 is 38.2. The van der Waals surface area contributed by atoms with Crippen molar-refractivity contribution in [1.82, 2.24) is 10.6 Å². The van der Waals surface area contributed by atoms with Crippen LogP contribution in [-0.2, 0) is 11.0 Å². The number of alkyl halides is 3. The van der Waals surface area contributed by atoms with Crippen LogP contribution in [0.2, 0.25) is 0 Å². The lowest BCUT2D eigenvalue weighted by molar-refractivity contribution is -0.137. The molecule has 5 nitrogen and oxygen atoms in total. The molecular formula is C13H15F3N2O3. The molecule has 116 valence electrons. The van der Waals surface area contributed by atoms with Crippen molar-refractivity contribution in [2.24, 2.45) is 0 Å². The monoisotopic (exact) mass is 304 g/mol. The van der Waals surface area contributed by atoms with Crippen LogP contribution in [0.3, 0.4) is 0 Å². The molecule has 8 heteroatoms. The van der Waals surface area contributed by atoms with Gasteiger partial charge in [-0.2, -0.15) is 13.2 Å². The van der Waals surface area contributed by atoms with E-state index >= 15 is 0 Å². The van der Waals surface area contributed by atoms with E-state index in [1.165, 1.54) is 12.1 Å². The van der Waals surface area contributed by atoms with Crippen molar-refractivity contribution >= 4 is 11.8 Å². The Kier molecular flexibility index (Phi) is 5.71. The van der Waals surface area contributed by atoms with E-state index in [1.807, 2.05) is 0 Å². The molecule has 0 saturated heterocycles. The lowest BCUT2D eigenvalue weighted by atomic mass is 10.1.